The summed E-state index contributed by atoms with van der Waals surface area (Å²) < 4.78 is 15.3. The molecule has 22 heavy (non-hydrogen) atoms. The lowest BCUT2D eigenvalue weighted by atomic mass is 10.1. The molecule has 5 heteroatoms. The van der Waals surface area contributed by atoms with Crippen molar-refractivity contribution in [2.75, 3.05) is 5.32 Å². The highest BCUT2D eigenvalue weighted by Crippen LogP contribution is 2.34. The van der Waals surface area contributed by atoms with Gasteiger partial charge in [0.25, 0.3) is 11.5 Å². The Morgan fingerprint density at radius 1 is 1.27 bits per heavy atom. The quantitative estimate of drug-likeness (QED) is 0.946. The van der Waals surface area contributed by atoms with Gasteiger partial charge in [0.2, 0.25) is 0 Å². The molecule has 1 heterocycles. The highest BCUT2D eigenvalue weighted by Gasteiger charge is 2.28. The maximum absolute atomic E-state index is 13.7. The first-order chi connectivity index (χ1) is 10.5. The van der Waals surface area contributed by atoms with Gasteiger partial charge in [-0.05, 0) is 50.5 Å². The van der Waals surface area contributed by atoms with E-state index in [1.54, 1.807) is 23.6 Å². The van der Waals surface area contributed by atoms with Crippen molar-refractivity contribution in [3.63, 3.8) is 0 Å². The molecule has 3 rings (SSSR count). The molecule has 2 aromatic rings. The van der Waals surface area contributed by atoms with Gasteiger partial charge < -0.3 is 9.88 Å². The van der Waals surface area contributed by atoms with Crippen LogP contribution in [0.4, 0.5) is 10.1 Å². The van der Waals surface area contributed by atoms with Crippen molar-refractivity contribution in [1.29, 1.82) is 0 Å². The first kappa shape index (κ1) is 14.5. The van der Waals surface area contributed by atoms with Gasteiger partial charge >= 0.3 is 0 Å². The molecule has 0 saturated heterocycles. The van der Waals surface area contributed by atoms with Crippen molar-refractivity contribution in [1.82, 2.24) is 4.57 Å². The molecule has 0 bridgehead atoms. The van der Waals surface area contributed by atoms with Gasteiger partial charge in [-0.15, -0.1) is 0 Å². The minimum absolute atomic E-state index is 0.0739. The number of aromatic nitrogens is 1. The van der Waals surface area contributed by atoms with Crippen LogP contribution in [0.3, 0.4) is 0 Å². The topological polar surface area (TPSA) is 51.1 Å². The zero-order valence-corrected chi connectivity index (χ0v) is 12.5. The van der Waals surface area contributed by atoms with Crippen LogP contribution >= 0.6 is 0 Å². The monoisotopic (exact) mass is 300 g/mol. The molecular weight excluding hydrogens is 283 g/mol. The van der Waals surface area contributed by atoms with E-state index < -0.39 is 11.7 Å². The number of halogens is 1. The highest BCUT2D eigenvalue weighted by molar-refractivity contribution is 6.05. The maximum atomic E-state index is 13.7. The lowest BCUT2D eigenvalue weighted by Crippen LogP contribution is -2.31. The molecule has 1 amide bonds. The zero-order valence-electron chi connectivity index (χ0n) is 12.5. The number of aryl methyl sites for hydroxylation is 2. The Morgan fingerprint density at radius 2 is 1.95 bits per heavy atom. The molecule has 4 nitrogen and oxygen atoms in total. The second-order valence-electron chi connectivity index (χ2n) is 5.68. The fourth-order valence-corrected chi connectivity index (χ4v) is 2.71. The maximum Gasteiger partial charge on any atom is 0.264 e. The van der Waals surface area contributed by atoms with E-state index in [0.717, 1.165) is 18.5 Å². The molecule has 1 fully saturated rings. The van der Waals surface area contributed by atoms with Gasteiger partial charge in [-0.25, -0.2) is 4.39 Å². The van der Waals surface area contributed by atoms with Gasteiger partial charge in [-0.2, -0.15) is 0 Å². The van der Waals surface area contributed by atoms with Crippen molar-refractivity contribution < 1.29 is 9.18 Å². The summed E-state index contributed by atoms with van der Waals surface area (Å²) in [7, 11) is 0. The van der Waals surface area contributed by atoms with Crippen LogP contribution in [0.2, 0.25) is 0 Å². The number of benzene rings is 1. The molecular formula is C17H17FN2O2. The Hall–Kier alpha value is -2.43. The van der Waals surface area contributed by atoms with Crippen LogP contribution in [0.1, 0.15) is 40.5 Å². The van der Waals surface area contributed by atoms with E-state index in [2.05, 4.69) is 5.32 Å². The number of nitrogens with zero attached hydrogens (tertiary/aromatic N) is 1. The second-order valence-corrected chi connectivity index (χ2v) is 5.68. The number of rotatable bonds is 3. The lowest BCUT2D eigenvalue weighted by Gasteiger charge is -2.14. The third-order valence-electron chi connectivity index (χ3n) is 3.89. The van der Waals surface area contributed by atoms with E-state index in [1.165, 1.54) is 12.1 Å². The number of carbonyl (C=O) groups excluding carboxylic acids is 1. The average molecular weight is 300 g/mol. The van der Waals surface area contributed by atoms with Crippen molar-refractivity contribution in [3.05, 3.63) is 63.3 Å². The molecule has 0 atom stereocenters. The van der Waals surface area contributed by atoms with Crippen LogP contribution in [0.15, 0.2) is 35.1 Å². The van der Waals surface area contributed by atoms with E-state index in [0.29, 0.717) is 5.56 Å². The van der Waals surface area contributed by atoms with Crippen molar-refractivity contribution in [3.8, 4) is 0 Å². The van der Waals surface area contributed by atoms with Gasteiger partial charge in [0.1, 0.15) is 11.4 Å². The fraction of sp³-hybridized carbons (Fsp3) is 0.294. The summed E-state index contributed by atoms with van der Waals surface area (Å²) in [6.45, 7) is 3.59. The van der Waals surface area contributed by atoms with Gasteiger partial charge in [0.05, 0.1) is 5.69 Å². The van der Waals surface area contributed by atoms with Crippen LogP contribution < -0.4 is 10.9 Å². The summed E-state index contributed by atoms with van der Waals surface area (Å²) >= 11 is 0. The van der Waals surface area contributed by atoms with Crippen LogP contribution in [0.25, 0.3) is 0 Å². The van der Waals surface area contributed by atoms with E-state index >= 15 is 0 Å². The van der Waals surface area contributed by atoms with Gasteiger partial charge in [0.15, 0.2) is 0 Å². The average Bonchev–Trinajstić information content (AvgIpc) is 3.25. The van der Waals surface area contributed by atoms with E-state index in [-0.39, 0.29) is 22.9 Å². The van der Waals surface area contributed by atoms with E-state index in [1.807, 2.05) is 13.0 Å². The molecule has 0 spiro atoms. The molecule has 1 aliphatic carbocycles. The Bertz CT molecular complexity index is 807. The molecule has 0 unspecified atom stereocenters. The molecule has 114 valence electrons. The largest absolute Gasteiger partial charge is 0.319 e. The normalized spacial score (nSPS) is 14.0. The third kappa shape index (κ3) is 2.54. The second kappa shape index (κ2) is 5.40. The first-order valence-corrected chi connectivity index (χ1v) is 7.27. The summed E-state index contributed by atoms with van der Waals surface area (Å²) in [5.41, 5.74) is 1.32. The number of hydrogen-bond donors (Lipinski definition) is 1. The van der Waals surface area contributed by atoms with Crippen LogP contribution in [0.5, 0.6) is 0 Å². The molecule has 1 aromatic heterocycles. The van der Waals surface area contributed by atoms with Gasteiger partial charge in [-0.1, -0.05) is 12.1 Å². The number of hydrogen-bond acceptors (Lipinski definition) is 2. The van der Waals surface area contributed by atoms with Crippen LogP contribution in [-0.4, -0.2) is 10.5 Å². The zero-order chi connectivity index (χ0) is 15.9. The highest BCUT2D eigenvalue weighted by atomic mass is 19.1. The predicted molar refractivity (Wildman–Crippen MR) is 82.8 cm³/mol. The SMILES string of the molecule is Cc1cc(C)n(C2CC2)c(=O)c1C(=O)Nc1ccccc1F. The molecule has 1 N–H and O–H groups in total. The standard InChI is InChI=1S/C17H17FN2O2/c1-10-9-11(2)20(12-7-8-12)17(22)15(10)16(21)19-14-6-4-3-5-13(14)18/h3-6,9,12H,7-8H2,1-2H3,(H,19,21). The number of carbonyl (C=O) groups is 1. The summed E-state index contributed by atoms with van der Waals surface area (Å²) in [6, 6.07) is 7.92. The molecule has 1 aliphatic rings. The number of anilines is 1. The van der Waals surface area contributed by atoms with Crippen LogP contribution in [-0.2, 0) is 0 Å². The number of nitrogens with one attached hydrogen (secondary N) is 1. The van der Waals surface area contributed by atoms with Gasteiger partial charge in [-0.3, -0.25) is 9.59 Å². The molecule has 1 aromatic carbocycles. The van der Waals surface area contributed by atoms with Crippen molar-refractivity contribution in [2.24, 2.45) is 0 Å². The Labute approximate surface area is 127 Å². The summed E-state index contributed by atoms with van der Waals surface area (Å²) in [5, 5.41) is 2.49. The summed E-state index contributed by atoms with van der Waals surface area (Å²) in [6.07, 6.45) is 1.91. The number of pyridine rings is 1. The Morgan fingerprint density at radius 3 is 2.59 bits per heavy atom. The van der Waals surface area contributed by atoms with Crippen molar-refractivity contribution >= 4 is 11.6 Å². The Kier molecular flexibility index (Phi) is 3.56. The van der Waals surface area contributed by atoms with E-state index in [4.69, 9.17) is 0 Å². The fourth-order valence-electron chi connectivity index (χ4n) is 2.71. The number of amides is 1. The van der Waals surface area contributed by atoms with Gasteiger partial charge in [0, 0.05) is 11.7 Å². The Balaban J connectivity index is 2.01. The minimum atomic E-state index is -0.568. The first-order valence-electron chi connectivity index (χ1n) is 7.27. The smallest absolute Gasteiger partial charge is 0.264 e. The molecule has 0 aliphatic heterocycles. The minimum Gasteiger partial charge on any atom is -0.319 e. The summed E-state index contributed by atoms with van der Waals surface area (Å²) in [4.78, 5) is 25.0. The number of para-hydroxylation sites is 1. The van der Waals surface area contributed by atoms with Crippen LogP contribution in [0, 0.1) is 19.7 Å². The summed E-state index contributed by atoms with van der Waals surface area (Å²) in [5.74, 6) is -1.09. The molecule has 0 radical (unpaired) electrons. The third-order valence-corrected chi connectivity index (χ3v) is 3.89. The lowest BCUT2D eigenvalue weighted by molar-refractivity contribution is 0.102. The van der Waals surface area contributed by atoms with Crippen molar-refractivity contribution in [2.45, 2.75) is 32.7 Å². The molecule has 1 saturated carbocycles. The predicted octanol–water partition coefficient (Wildman–Crippen LogP) is 3.19. The van der Waals surface area contributed by atoms with E-state index in [9.17, 15) is 14.0 Å².